The molecule has 4 aromatic rings. The van der Waals surface area contributed by atoms with Crippen molar-refractivity contribution >= 4 is 28.4 Å². The number of para-hydroxylation sites is 2. The van der Waals surface area contributed by atoms with E-state index in [0.29, 0.717) is 34.3 Å². The first-order valence-corrected chi connectivity index (χ1v) is 9.53. The maximum Gasteiger partial charge on any atom is 0.259 e. The number of aromatic hydroxyl groups is 1. The number of aromatic amines is 1. The molecule has 0 atom stereocenters. The number of phenolic OH excluding ortho intramolecular Hbond substituents is 1. The van der Waals surface area contributed by atoms with E-state index in [2.05, 4.69) is 21.7 Å². The van der Waals surface area contributed by atoms with E-state index < -0.39 is 5.91 Å². The van der Waals surface area contributed by atoms with Crippen LogP contribution in [0.15, 0.2) is 72.9 Å². The summed E-state index contributed by atoms with van der Waals surface area (Å²) in [6, 6.07) is 20.7. The smallest absolute Gasteiger partial charge is 0.259 e. The van der Waals surface area contributed by atoms with E-state index in [0.717, 1.165) is 5.56 Å². The van der Waals surface area contributed by atoms with Gasteiger partial charge in [-0.05, 0) is 35.9 Å². The Kier molecular flexibility index (Phi) is 5.37. The molecule has 152 valence electrons. The molecule has 2 amide bonds. The summed E-state index contributed by atoms with van der Waals surface area (Å²) >= 11 is 0. The van der Waals surface area contributed by atoms with Crippen molar-refractivity contribution in [2.45, 2.75) is 6.54 Å². The fourth-order valence-corrected chi connectivity index (χ4v) is 3.28. The summed E-state index contributed by atoms with van der Waals surface area (Å²) in [5, 5.41) is 25.2. The van der Waals surface area contributed by atoms with E-state index in [9.17, 15) is 14.7 Å². The Morgan fingerprint density at radius 1 is 0.935 bits per heavy atom. The van der Waals surface area contributed by atoms with Crippen LogP contribution in [-0.4, -0.2) is 21.9 Å². The molecule has 0 radical (unpaired) electrons. The molecule has 0 aliphatic heterocycles. The quantitative estimate of drug-likeness (QED) is 0.399. The number of nitrogens with zero attached hydrogens (tertiary/aromatic N) is 1. The molecule has 1 heterocycles. The second-order valence-electron chi connectivity index (χ2n) is 6.89. The molecular formula is C24H18N4O3. The van der Waals surface area contributed by atoms with Crippen molar-refractivity contribution in [2.24, 2.45) is 0 Å². The molecule has 7 heteroatoms. The lowest BCUT2D eigenvalue weighted by molar-refractivity contribution is 0.0951. The number of phenols is 1. The predicted molar refractivity (Wildman–Crippen MR) is 117 cm³/mol. The van der Waals surface area contributed by atoms with Crippen molar-refractivity contribution in [1.82, 2.24) is 10.3 Å². The van der Waals surface area contributed by atoms with Gasteiger partial charge in [0.1, 0.15) is 11.8 Å². The second-order valence-corrected chi connectivity index (χ2v) is 6.89. The molecule has 7 nitrogen and oxygen atoms in total. The van der Waals surface area contributed by atoms with E-state index >= 15 is 0 Å². The fraction of sp³-hybridized carbons (Fsp3) is 0.0417. The average molecular weight is 410 g/mol. The number of nitrogens with one attached hydrogen (secondary N) is 3. The van der Waals surface area contributed by atoms with Crippen LogP contribution < -0.4 is 10.6 Å². The highest BCUT2D eigenvalue weighted by Crippen LogP contribution is 2.21. The van der Waals surface area contributed by atoms with Crippen LogP contribution in [0.1, 0.15) is 31.8 Å². The molecular weight excluding hydrogens is 392 g/mol. The molecule has 0 spiro atoms. The van der Waals surface area contributed by atoms with E-state index in [1.54, 1.807) is 66.9 Å². The summed E-state index contributed by atoms with van der Waals surface area (Å²) in [6.07, 6.45) is 1.59. The summed E-state index contributed by atoms with van der Waals surface area (Å²) < 4.78 is 0. The number of hydrogen-bond acceptors (Lipinski definition) is 4. The molecule has 0 unspecified atom stereocenters. The molecule has 4 N–H and O–H groups in total. The minimum Gasteiger partial charge on any atom is -0.507 e. The van der Waals surface area contributed by atoms with Gasteiger partial charge in [0, 0.05) is 23.8 Å². The number of H-pyrrole nitrogens is 1. The lowest BCUT2D eigenvalue weighted by Crippen LogP contribution is -2.23. The third-order valence-electron chi connectivity index (χ3n) is 4.89. The van der Waals surface area contributed by atoms with Gasteiger partial charge in [-0.1, -0.05) is 36.4 Å². The summed E-state index contributed by atoms with van der Waals surface area (Å²) in [6.45, 7) is 0.300. The number of amides is 2. The number of anilines is 1. The third-order valence-corrected chi connectivity index (χ3v) is 4.89. The van der Waals surface area contributed by atoms with Gasteiger partial charge in [0.25, 0.3) is 11.8 Å². The van der Waals surface area contributed by atoms with Crippen LogP contribution in [0, 0.1) is 11.3 Å². The number of hydrogen-bond donors (Lipinski definition) is 4. The Hall–Kier alpha value is -4.57. The molecule has 31 heavy (non-hydrogen) atoms. The highest BCUT2D eigenvalue weighted by Gasteiger charge is 2.13. The van der Waals surface area contributed by atoms with E-state index in [1.807, 2.05) is 0 Å². The maximum absolute atomic E-state index is 12.6. The van der Waals surface area contributed by atoms with Gasteiger partial charge in [-0.3, -0.25) is 9.59 Å². The minimum atomic E-state index is -0.407. The standard InChI is InChI=1S/C24H18N4O3/c25-12-16-14-26-22-18(16)5-3-6-20(22)23(30)27-13-15-8-10-17(11-9-15)28-24(31)19-4-1-2-7-21(19)29/h1-11,14,26,29H,13H2,(H,27,30)(H,28,31). The summed E-state index contributed by atoms with van der Waals surface area (Å²) in [5.74, 6) is -0.748. The SMILES string of the molecule is N#Cc1c[nH]c2c(C(=O)NCc3ccc(NC(=O)c4ccccc4O)cc3)cccc12. The van der Waals surface area contributed by atoms with Crippen molar-refractivity contribution in [3.63, 3.8) is 0 Å². The van der Waals surface area contributed by atoms with Crippen LogP contribution in [0.5, 0.6) is 5.75 Å². The van der Waals surface area contributed by atoms with Gasteiger partial charge in [-0.25, -0.2) is 0 Å². The van der Waals surface area contributed by atoms with Gasteiger partial charge >= 0.3 is 0 Å². The molecule has 0 saturated carbocycles. The summed E-state index contributed by atoms with van der Waals surface area (Å²) in [7, 11) is 0. The third kappa shape index (κ3) is 4.09. The number of benzene rings is 3. The molecule has 4 rings (SSSR count). The normalized spacial score (nSPS) is 10.4. The number of carbonyl (C=O) groups is 2. The molecule has 0 aliphatic rings. The molecule has 0 saturated heterocycles. The van der Waals surface area contributed by atoms with Crippen LogP contribution >= 0.6 is 0 Å². The lowest BCUT2D eigenvalue weighted by atomic mass is 10.1. The summed E-state index contributed by atoms with van der Waals surface area (Å²) in [4.78, 5) is 27.9. The van der Waals surface area contributed by atoms with E-state index in [-0.39, 0.29) is 17.2 Å². The predicted octanol–water partition coefficient (Wildman–Crippen LogP) is 3.93. The van der Waals surface area contributed by atoms with Gasteiger partial charge in [0.15, 0.2) is 0 Å². The van der Waals surface area contributed by atoms with Crippen molar-refractivity contribution in [3.05, 3.63) is 95.2 Å². The number of carbonyl (C=O) groups excluding carboxylic acids is 2. The zero-order chi connectivity index (χ0) is 21.8. The van der Waals surface area contributed by atoms with Crippen LogP contribution in [0.4, 0.5) is 5.69 Å². The highest BCUT2D eigenvalue weighted by atomic mass is 16.3. The van der Waals surface area contributed by atoms with Gasteiger partial charge in [0.2, 0.25) is 0 Å². The first-order valence-electron chi connectivity index (χ1n) is 9.53. The molecule has 3 aromatic carbocycles. The van der Waals surface area contributed by atoms with E-state index in [1.165, 1.54) is 6.07 Å². The van der Waals surface area contributed by atoms with Crippen molar-refractivity contribution in [3.8, 4) is 11.8 Å². The maximum atomic E-state index is 12.6. The Labute approximate surface area is 178 Å². The Morgan fingerprint density at radius 3 is 2.42 bits per heavy atom. The van der Waals surface area contributed by atoms with Crippen LogP contribution in [0.2, 0.25) is 0 Å². The minimum absolute atomic E-state index is 0.0849. The van der Waals surface area contributed by atoms with Gasteiger partial charge < -0.3 is 20.7 Å². The van der Waals surface area contributed by atoms with Crippen LogP contribution in [-0.2, 0) is 6.54 Å². The molecule has 1 aromatic heterocycles. The average Bonchev–Trinajstić information content (AvgIpc) is 3.22. The highest BCUT2D eigenvalue weighted by molar-refractivity contribution is 6.07. The van der Waals surface area contributed by atoms with Gasteiger partial charge in [-0.2, -0.15) is 5.26 Å². The van der Waals surface area contributed by atoms with Crippen molar-refractivity contribution in [1.29, 1.82) is 5.26 Å². The van der Waals surface area contributed by atoms with Crippen LogP contribution in [0.25, 0.3) is 10.9 Å². The zero-order valence-electron chi connectivity index (χ0n) is 16.3. The van der Waals surface area contributed by atoms with Gasteiger partial charge in [0.05, 0.1) is 22.2 Å². The Bertz CT molecular complexity index is 1320. The zero-order valence-corrected chi connectivity index (χ0v) is 16.3. The van der Waals surface area contributed by atoms with E-state index in [4.69, 9.17) is 5.26 Å². The van der Waals surface area contributed by atoms with Crippen molar-refractivity contribution in [2.75, 3.05) is 5.32 Å². The molecule has 0 aliphatic carbocycles. The van der Waals surface area contributed by atoms with Gasteiger partial charge in [-0.15, -0.1) is 0 Å². The number of aromatic nitrogens is 1. The number of nitriles is 1. The first kappa shape index (κ1) is 19.7. The lowest BCUT2D eigenvalue weighted by Gasteiger charge is -2.09. The monoisotopic (exact) mass is 410 g/mol. The number of fused-ring (bicyclic) bond motifs is 1. The fourth-order valence-electron chi connectivity index (χ4n) is 3.28. The Morgan fingerprint density at radius 2 is 1.68 bits per heavy atom. The second kappa shape index (κ2) is 8.43. The van der Waals surface area contributed by atoms with Crippen molar-refractivity contribution < 1.29 is 14.7 Å². The van der Waals surface area contributed by atoms with Crippen LogP contribution in [0.3, 0.4) is 0 Å². The largest absolute Gasteiger partial charge is 0.507 e. The topological polar surface area (TPSA) is 118 Å². The molecule has 0 fully saturated rings. The first-order chi connectivity index (χ1) is 15.1. The summed E-state index contributed by atoms with van der Waals surface area (Å²) in [5.41, 5.74) is 3.20. The number of rotatable bonds is 5. The molecule has 0 bridgehead atoms. The Balaban J connectivity index is 1.40.